The van der Waals surface area contributed by atoms with Gasteiger partial charge in [-0.1, -0.05) is 6.92 Å². The summed E-state index contributed by atoms with van der Waals surface area (Å²) in [7, 11) is 0. The summed E-state index contributed by atoms with van der Waals surface area (Å²) in [5, 5.41) is 1.23. The number of nitrogens with zero attached hydrogens (tertiary/aromatic N) is 2. The van der Waals surface area contributed by atoms with Gasteiger partial charge in [-0.05, 0) is 31.3 Å². The van der Waals surface area contributed by atoms with E-state index in [2.05, 4.69) is 16.3 Å². The first kappa shape index (κ1) is 6.28. The molecule has 1 aromatic rings. The lowest BCUT2D eigenvalue weighted by Crippen LogP contribution is -1.97. The molecule has 1 aromatic heterocycles. The van der Waals surface area contributed by atoms with Gasteiger partial charge in [0.05, 0.1) is 0 Å². The molecular formula is C7H10N2S. The lowest BCUT2D eigenvalue weighted by atomic mass is 10.2. The Morgan fingerprint density at radius 2 is 2.20 bits per heavy atom. The Hall–Kier alpha value is -0.440. The lowest BCUT2D eigenvalue weighted by molar-refractivity contribution is 0.772. The first-order chi connectivity index (χ1) is 4.71. The Morgan fingerprint density at radius 1 is 1.50 bits per heavy atom. The summed E-state index contributed by atoms with van der Waals surface area (Å²) in [6, 6.07) is 0. The second-order valence-corrected chi connectivity index (χ2v) is 3.96. The second-order valence-electron chi connectivity index (χ2n) is 3.21. The van der Waals surface area contributed by atoms with Crippen molar-refractivity contribution in [3.63, 3.8) is 0 Å². The van der Waals surface area contributed by atoms with Crippen LogP contribution in [0.5, 0.6) is 0 Å². The smallest absolute Gasteiger partial charge is 0.139 e. The second kappa shape index (κ2) is 1.78. The van der Waals surface area contributed by atoms with Crippen molar-refractivity contribution < 1.29 is 0 Å². The van der Waals surface area contributed by atoms with E-state index in [0.717, 1.165) is 5.82 Å². The molecule has 1 aliphatic carbocycles. The van der Waals surface area contributed by atoms with Crippen LogP contribution in [-0.4, -0.2) is 9.36 Å². The van der Waals surface area contributed by atoms with Crippen molar-refractivity contribution in [3.8, 4) is 0 Å². The highest BCUT2D eigenvalue weighted by atomic mass is 32.1. The van der Waals surface area contributed by atoms with Crippen molar-refractivity contribution in [1.82, 2.24) is 9.36 Å². The normalized spacial score (nSPS) is 21.0. The molecular weight excluding hydrogens is 144 g/mol. The number of rotatable bonds is 1. The first-order valence-electron chi connectivity index (χ1n) is 3.51. The van der Waals surface area contributed by atoms with Crippen LogP contribution in [0.15, 0.2) is 0 Å². The van der Waals surface area contributed by atoms with Gasteiger partial charge in [-0.25, -0.2) is 4.98 Å². The Morgan fingerprint density at radius 3 is 2.60 bits per heavy atom. The molecule has 0 bridgehead atoms. The summed E-state index contributed by atoms with van der Waals surface area (Å²) in [5.74, 6) is 0.924. The van der Waals surface area contributed by atoms with Gasteiger partial charge in [0.25, 0.3) is 0 Å². The van der Waals surface area contributed by atoms with Crippen molar-refractivity contribution in [2.45, 2.75) is 32.1 Å². The maximum Gasteiger partial charge on any atom is 0.139 e. The van der Waals surface area contributed by atoms with Crippen LogP contribution in [-0.2, 0) is 5.41 Å². The molecule has 1 saturated carbocycles. The van der Waals surface area contributed by atoms with Gasteiger partial charge in [-0.3, -0.25) is 0 Å². The third-order valence-corrected chi connectivity index (χ3v) is 3.16. The van der Waals surface area contributed by atoms with Crippen LogP contribution in [0.3, 0.4) is 0 Å². The average Bonchev–Trinajstić information content (AvgIpc) is 2.45. The fraction of sp³-hybridized carbons (Fsp3) is 0.714. The number of aryl methyl sites for hydroxylation is 1. The van der Waals surface area contributed by atoms with E-state index in [1.807, 2.05) is 6.92 Å². The Balaban J connectivity index is 2.34. The van der Waals surface area contributed by atoms with Crippen LogP contribution in [0.2, 0.25) is 0 Å². The van der Waals surface area contributed by atoms with Crippen LogP contribution >= 0.6 is 11.5 Å². The van der Waals surface area contributed by atoms with Gasteiger partial charge in [-0.15, -0.1) is 0 Å². The van der Waals surface area contributed by atoms with E-state index in [9.17, 15) is 0 Å². The van der Waals surface area contributed by atoms with E-state index in [1.165, 1.54) is 17.8 Å². The molecule has 1 aliphatic rings. The number of hydrogen-bond donors (Lipinski definition) is 0. The van der Waals surface area contributed by atoms with E-state index in [0.29, 0.717) is 5.41 Å². The SMILES string of the molecule is Cc1nsc(C2(C)CC2)n1. The van der Waals surface area contributed by atoms with E-state index < -0.39 is 0 Å². The summed E-state index contributed by atoms with van der Waals surface area (Å²) in [5.41, 5.74) is 0.409. The van der Waals surface area contributed by atoms with Crippen molar-refractivity contribution in [2.75, 3.05) is 0 Å². The van der Waals surface area contributed by atoms with Crippen molar-refractivity contribution in [1.29, 1.82) is 0 Å². The van der Waals surface area contributed by atoms with Crippen LogP contribution in [0.25, 0.3) is 0 Å². The summed E-state index contributed by atoms with van der Waals surface area (Å²) < 4.78 is 4.15. The summed E-state index contributed by atoms with van der Waals surface area (Å²) in [6.07, 6.45) is 2.59. The molecule has 1 fully saturated rings. The predicted molar refractivity (Wildman–Crippen MR) is 41.2 cm³/mol. The number of aromatic nitrogens is 2. The zero-order valence-corrected chi connectivity index (χ0v) is 7.03. The first-order valence-corrected chi connectivity index (χ1v) is 4.29. The molecule has 0 aliphatic heterocycles. The largest absolute Gasteiger partial charge is 0.224 e. The van der Waals surface area contributed by atoms with Crippen LogP contribution in [0.4, 0.5) is 0 Å². The van der Waals surface area contributed by atoms with Gasteiger partial charge in [0.2, 0.25) is 0 Å². The highest BCUT2D eigenvalue weighted by molar-refractivity contribution is 7.05. The molecule has 0 amide bonds. The standard InChI is InChI=1S/C7H10N2S/c1-5-8-6(10-9-5)7(2)3-4-7/h3-4H2,1-2H3. The van der Waals surface area contributed by atoms with Gasteiger partial charge in [0, 0.05) is 5.41 Å². The molecule has 0 atom stereocenters. The van der Waals surface area contributed by atoms with Crippen LogP contribution in [0.1, 0.15) is 30.6 Å². The molecule has 0 saturated heterocycles. The minimum Gasteiger partial charge on any atom is -0.224 e. The van der Waals surface area contributed by atoms with Gasteiger partial charge in [0.1, 0.15) is 10.8 Å². The summed E-state index contributed by atoms with van der Waals surface area (Å²) in [4.78, 5) is 4.35. The van der Waals surface area contributed by atoms with Crippen LogP contribution < -0.4 is 0 Å². The molecule has 0 spiro atoms. The molecule has 54 valence electrons. The van der Waals surface area contributed by atoms with E-state index in [1.54, 1.807) is 11.5 Å². The fourth-order valence-electron chi connectivity index (χ4n) is 0.944. The zero-order valence-electron chi connectivity index (χ0n) is 6.22. The third-order valence-electron chi connectivity index (χ3n) is 2.04. The van der Waals surface area contributed by atoms with Crippen molar-refractivity contribution in [3.05, 3.63) is 10.8 Å². The molecule has 0 radical (unpaired) electrons. The molecule has 0 unspecified atom stereocenters. The lowest BCUT2D eigenvalue weighted by Gasteiger charge is -1.98. The van der Waals surface area contributed by atoms with Gasteiger partial charge in [0.15, 0.2) is 0 Å². The highest BCUT2D eigenvalue weighted by Gasteiger charge is 2.42. The Labute approximate surface area is 64.5 Å². The molecule has 3 heteroatoms. The molecule has 0 N–H and O–H groups in total. The predicted octanol–water partition coefficient (Wildman–Crippen LogP) is 1.90. The molecule has 2 rings (SSSR count). The summed E-state index contributed by atoms with van der Waals surface area (Å²) in [6.45, 7) is 4.21. The van der Waals surface area contributed by atoms with E-state index >= 15 is 0 Å². The van der Waals surface area contributed by atoms with E-state index in [-0.39, 0.29) is 0 Å². The maximum atomic E-state index is 4.35. The van der Waals surface area contributed by atoms with Crippen LogP contribution in [0, 0.1) is 6.92 Å². The zero-order chi connectivity index (χ0) is 7.19. The molecule has 1 heterocycles. The minimum atomic E-state index is 0.409. The van der Waals surface area contributed by atoms with Gasteiger partial charge < -0.3 is 0 Å². The third kappa shape index (κ3) is 0.850. The Bertz CT molecular complexity index is 250. The quantitative estimate of drug-likeness (QED) is 0.617. The summed E-state index contributed by atoms with van der Waals surface area (Å²) >= 11 is 1.56. The maximum absolute atomic E-state index is 4.35. The topological polar surface area (TPSA) is 25.8 Å². The minimum absolute atomic E-state index is 0.409. The van der Waals surface area contributed by atoms with Gasteiger partial charge >= 0.3 is 0 Å². The fourth-order valence-corrected chi connectivity index (χ4v) is 1.80. The van der Waals surface area contributed by atoms with E-state index in [4.69, 9.17) is 0 Å². The van der Waals surface area contributed by atoms with Crippen molar-refractivity contribution >= 4 is 11.5 Å². The monoisotopic (exact) mass is 154 g/mol. The van der Waals surface area contributed by atoms with Crippen molar-refractivity contribution in [2.24, 2.45) is 0 Å². The van der Waals surface area contributed by atoms with Gasteiger partial charge in [-0.2, -0.15) is 4.37 Å². The molecule has 10 heavy (non-hydrogen) atoms. The molecule has 2 nitrogen and oxygen atoms in total. The Kier molecular flexibility index (Phi) is 1.12. The number of hydrogen-bond acceptors (Lipinski definition) is 3. The average molecular weight is 154 g/mol. The molecule has 0 aromatic carbocycles. The highest BCUT2D eigenvalue weighted by Crippen LogP contribution is 2.47.